The average molecular weight is 738 g/mol. The number of esters is 1. The van der Waals surface area contributed by atoms with Gasteiger partial charge in [0, 0.05) is 37.8 Å². The van der Waals surface area contributed by atoms with Crippen molar-refractivity contribution < 1.29 is 67.9 Å². The summed E-state index contributed by atoms with van der Waals surface area (Å²) in [5.41, 5.74) is -7.13. The predicted octanol–water partition coefficient (Wildman–Crippen LogP) is 1.49. The topological polar surface area (TPSA) is 194 Å². The Balaban J connectivity index is 2.20. The number of ether oxygens (including phenoxy) is 6. The van der Waals surface area contributed by atoms with Gasteiger partial charge in [-0.3, -0.25) is 9.59 Å². The summed E-state index contributed by atoms with van der Waals surface area (Å²) < 4.78 is 53.0. The Kier molecular flexibility index (Phi) is 14.7. The Labute approximate surface area is 301 Å². The SMILES string of the molecule is CCC1OC(=O)C(C)C(OC2CC(OC)C(O)C(C)O2)C(C)C(OC2OC(C)CC(N(C)C)C2O)C(C)(O)CC(C)(F)C(=O)C(C)C(O)C1(C)O. The maximum atomic E-state index is 16.7. The number of carbonyl (C=O) groups is 2. The molecule has 15 heteroatoms. The highest BCUT2D eigenvalue weighted by atomic mass is 19.1. The van der Waals surface area contributed by atoms with Crippen molar-refractivity contribution in [2.45, 2.75) is 178 Å². The standard InChI is InChI=1S/C36H64FNO13/c1-13-24-36(9,45)30(42)20(5)29(41)34(7,37)16-35(8,44)31(51-33-27(40)22(38(10)11)14-17(2)47-33)18(3)28(19(4)32(43)49-24)50-25-15-23(46-12)26(39)21(6)48-25/h17-28,30-31,33,39-40,42,44-45H,13-16H2,1-12H3. The van der Waals surface area contributed by atoms with Crippen LogP contribution in [0.15, 0.2) is 0 Å². The van der Waals surface area contributed by atoms with Gasteiger partial charge in [-0.25, -0.2) is 4.39 Å². The Morgan fingerprint density at radius 1 is 0.922 bits per heavy atom. The number of methoxy groups -OCH3 is 1. The zero-order chi connectivity index (χ0) is 39.0. The lowest BCUT2D eigenvalue weighted by atomic mass is 9.73. The molecule has 3 aliphatic heterocycles. The van der Waals surface area contributed by atoms with Crippen molar-refractivity contribution in [2.75, 3.05) is 21.2 Å². The van der Waals surface area contributed by atoms with Crippen LogP contribution in [-0.2, 0) is 38.0 Å². The summed E-state index contributed by atoms with van der Waals surface area (Å²) in [7, 11) is 5.03. The largest absolute Gasteiger partial charge is 0.459 e. The molecule has 0 spiro atoms. The second-order valence-electron chi connectivity index (χ2n) is 16.0. The maximum absolute atomic E-state index is 16.7. The van der Waals surface area contributed by atoms with Crippen molar-refractivity contribution in [3.63, 3.8) is 0 Å². The van der Waals surface area contributed by atoms with E-state index >= 15 is 4.39 Å². The van der Waals surface area contributed by atoms with Gasteiger partial charge >= 0.3 is 5.97 Å². The van der Waals surface area contributed by atoms with Gasteiger partial charge in [0.25, 0.3) is 0 Å². The molecule has 0 amide bonds. The van der Waals surface area contributed by atoms with E-state index in [0.29, 0.717) is 6.42 Å². The van der Waals surface area contributed by atoms with E-state index in [0.717, 1.165) is 6.92 Å². The average Bonchev–Trinajstić information content (AvgIpc) is 3.04. The van der Waals surface area contributed by atoms with Crippen molar-refractivity contribution >= 4 is 11.8 Å². The van der Waals surface area contributed by atoms with E-state index < -0.39 is 120 Å². The second-order valence-corrected chi connectivity index (χ2v) is 16.0. The molecule has 3 rings (SSSR count). The van der Waals surface area contributed by atoms with Gasteiger partial charge in [0.05, 0.1) is 48.1 Å². The van der Waals surface area contributed by atoms with Crippen LogP contribution < -0.4 is 0 Å². The molecule has 0 bridgehead atoms. The molecule has 51 heavy (non-hydrogen) atoms. The van der Waals surface area contributed by atoms with Crippen molar-refractivity contribution in [2.24, 2.45) is 17.8 Å². The highest BCUT2D eigenvalue weighted by Gasteiger charge is 2.55. The summed E-state index contributed by atoms with van der Waals surface area (Å²) in [5, 5.41) is 57.0. The number of aliphatic hydroxyl groups excluding tert-OH is 3. The molecule has 14 nitrogen and oxygen atoms in total. The van der Waals surface area contributed by atoms with Crippen molar-refractivity contribution in [3.8, 4) is 0 Å². The Bertz CT molecular complexity index is 1170. The number of carbonyl (C=O) groups excluding carboxylic acids is 2. The van der Waals surface area contributed by atoms with E-state index in [1.807, 2.05) is 11.8 Å². The first-order valence-corrected chi connectivity index (χ1v) is 18.1. The van der Waals surface area contributed by atoms with Crippen LogP contribution in [0.2, 0.25) is 0 Å². The number of rotatable bonds is 7. The smallest absolute Gasteiger partial charge is 0.311 e. The van der Waals surface area contributed by atoms with Gasteiger partial charge in [0.15, 0.2) is 24.0 Å². The van der Waals surface area contributed by atoms with Crippen LogP contribution in [0.1, 0.15) is 88.0 Å². The molecule has 0 aromatic carbocycles. The van der Waals surface area contributed by atoms with Crippen molar-refractivity contribution in [3.05, 3.63) is 0 Å². The normalized spacial score (nSPS) is 49.7. The highest BCUT2D eigenvalue weighted by Crippen LogP contribution is 2.41. The third-order valence-corrected chi connectivity index (χ3v) is 11.3. The van der Waals surface area contributed by atoms with E-state index in [2.05, 4.69) is 0 Å². The van der Waals surface area contributed by atoms with E-state index in [-0.39, 0.29) is 18.9 Å². The fourth-order valence-electron chi connectivity index (χ4n) is 8.18. The summed E-state index contributed by atoms with van der Waals surface area (Å²) in [5.74, 6) is -5.58. The third kappa shape index (κ3) is 9.66. The van der Waals surface area contributed by atoms with Crippen LogP contribution in [-0.4, -0.2) is 154 Å². The molecule has 0 saturated carbocycles. The number of cyclic esters (lactones) is 1. The molecule has 18 unspecified atom stereocenters. The molecule has 0 aromatic heterocycles. The van der Waals surface area contributed by atoms with Gasteiger partial charge in [0.1, 0.15) is 23.9 Å². The van der Waals surface area contributed by atoms with Crippen molar-refractivity contribution in [1.82, 2.24) is 4.90 Å². The molecular formula is C36H64FNO13. The van der Waals surface area contributed by atoms with Crippen LogP contribution in [0, 0.1) is 17.8 Å². The Morgan fingerprint density at radius 3 is 2.08 bits per heavy atom. The van der Waals surface area contributed by atoms with Gasteiger partial charge in [-0.1, -0.05) is 20.8 Å². The number of hydrogen-bond acceptors (Lipinski definition) is 14. The van der Waals surface area contributed by atoms with Crippen LogP contribution >= 0.6 is 0 Å². The number of alkyl halides is 1. The zero-order valence-corrected chi connectivity index (χ0v) is 32.3. The van der Waals surface area contributed by atoms with E-state index in [4.69, 9.17) is 28.4 Å². The number of halogens is 1. The van der Waals surface area contributed by atoms with Crippen LogP contribution in [0.3, 0.4) is 0 Å². The number of nitrogens with zero attached hydrogens (tertiary/aromatic N) is 1. The van der Waals surface area contributed by atoms with Gasteiger partial charge in [-0.05, 0) is 68.5 Å². The summed E-state index contributed by atoms with van der Waals surface area (Å²) in [6, 6.07) is -0.401. The minimum absolute atomic E-state index is 0.0383. The monoisotopic (exact) mass is 737 g/mol. The second kappa shape index (κ2) is 17.0. The Morgan fingerprint density at radius 2 is 1.53 bits per heavy atom. The molecule has 3 aliphatic rings. The van der Waals surface area contributed by atoms with Crippen LogP contribution in [0.4, 0.5) is 4.39 Å². The van der Waals surface area contributed by atoms with E-state index in [9.17, 15) is 35.1 Å². The van der Waals surface area contributed by atoms with Crippen LogP contribution in [0.25, 0.3) is 0 Å². The van der Waals surface area contributed by atoms with Crippen molar-refractivity contribution in [1.29, 1.82) is 0 Å². The lowest BCUT2D eigenvalue weighted by Gasteiger charge is -2.48. The van der Waals surface area contributed by atoms with Gasteiger partial charge in [-0.15, -0.1) is 0 Å². The summed E-state index contributed by atoms with van der Waals surface area (Å²) in [4.78, 5) is 29.5. The predicted molar refractivity (Wildman–Crippen MR) is 182 cm³/mol. The summed E-state index contributed by atoms with van der Waals surface area (Å²) in [6.45, 7) is 13.0. The minimum atomic E-state index is -2.76. The van der Waals surface area contributed by atoms with Crippen LogP contribution in [0.5, 0.6) is 0 Å². The molecule has 18 atom stereocenters. The number of Topliss-reactive ketones (excluding diaryl/α,β-unsaturated/α-hetero) is 1. The summed E-state index contributed by atoms with van der Waals surface area (Å²) >= 11 is 0. The maximum Gasteiger partial charge on any atom is 0.311 e. The number of aliphatic hydroxyl groups is 5. The zero-order valence-electron chi connectivity index (χ0n) is 32.3. The van der Waals surface area contributed by atoms with Gasteiger partial charge in [-0.2, -0.15) is 0 Å². The number of likely N-dealkylation sites (N-methyl/N-ethyl adjacent to an activating group) is 1. The van der Waals surface area contributed by atoms with Gasteiger partial charge < -0.3 is 58.9 Å². The lowest BCUT2D eigenvalue weighted by molar-refractivity contribution is -0.312. The molecule has 3 fully saturated rings. The first kappa shape index (κ1) is 44.0. The molecule has 298 valence electrons. The molecular weight excluding hydrogens is 673 g/mol. The number of hydrogen-bond donors (Lipinski definition) is 5. The Hall–Kier alpha value is -1.37. The fourth-order valence-corrected chi connectivity index (χ4v) is 8.18. The molecule has 3 saturated heterocycles. The van der Waals surface area contributed by atoms with E-state index in [1.54, 1.807) is 34.9 Å². The minimum Gasteiger partial charge on any atom is -0.459 e. The first-order valence-electron chi connectivity index (χ1n) is 18.1. The number of ketones is 1. The van der Waals surface area contributed by atoms with Gasteiger partial charge in [0.2, 0.25) is 0 Å². The lowest BCUT2D eigenvalue weighted by Crippen LogP contribution is -2.62. The molecule has 0 aliphatic carbocycles. The first-order chi connectivity index (χ1) is 23.4. The quantitative estimate of drug-likeness (QED) is 0.236. The molecule has 5 N–H and O–H groups in total. The fraction of sp³-hybridized carbons (Fsp3) is 0.944. The highest BCUT2D eigenvalue weighted by molar-refractivity contribution is 5.89. The molecule has 3 heterocycles. The molecule has 0 radical (unpaired) electrons. The summed E-state index contributed by atoms with van der Waals surface area (Å²) in [6.07, 6.45) is -12.4. The molecule has 0 aromatic rings. The van der Waals surface area contributed by atoms with E-state index in [1.165, 1.54) is 34.8 Å². The third-order valence-electron chi connectivity index (χ3n) is 11.3.